The fraction of sp³-hybridized carbons (Fsp3) is 0.600. The van der Waals surface area contributed by atoms with Crippen LogP contribution in [0.2, 0.25) is 0 Å². The molecule has 1 aromatic carbocycles. The van der Waals surface area contributed by atoms with E-state index in [0.29, 0.717) is 16.9 Å². The predicted octanol–water partition coefficient (Wildman–Crippen LogP) is 4.29. The molecule has 0 aromatic heterocycles. The van der Waals surface area contributed by atoms with E-state index in [2.05, 4.69) is 12.2 Å². The van der Waals surface area contributed by atoms with Gasteiger partial charge in [-0.15, -0.1) is 0 Å². The van der Waals surface area contributed by atoms with Crippen LogP contribution >= 0.6 is 11.8 Å². The minimum Gasteiger partial charge on any atom is -0.306 e. The van der Waals surface area contributed by atoms with Gasteiger partial charge in [0.15, 0.2) is 0 Å². The van der Waals surface area contributed by atoms with Crippen molar-refractivity contribution in [3.8, 4) is 0 Å². The molecule has 0 saturated heterocycles. The first-order valence-corrected chi connectivity index (χ1v) is 7.99. The van der Waals surface area contributed by atoms with Gasteiger partial charge in [-0.3, -0.25) is 0 Å². The molecule has 106 valence electrons. The van der Waals surface area contributed by atoms with E-state index in [4.69, 9.17) is 0 Å². The molecule has 2 rings (SSSR count). The van der Waals surface area contributed by atoms with Gasteiger partial charge in [-0.05, 0) is 31.6 Å². The normalized spacial score (nSPS) is 24.6. The molecule has 1 aliphatic carbocycles. The summed E-state index contributed by atoms with van der Waals surface area (Å²) in [6.45, 7) is 4.12. The van der Waals surface area contributed by atoms with Crippen LogP contribution in [0, 0.1) is 11.6 Å². The molecule has 1 fully saturated rings. The second kappa shape index (κ2) is 6.71. The topological polar surface area (TPSA) is 12.0 Å². The second-order valence-electron chi connectivity index (χ2n) is 5.09. The molecule has 4 heteroatoms. The minimum absolute atomic E-state index is 0.0799. The van der Waals surface area contributed by atoms with Gasteiger partial charge in [-0.25, -0.2) is 8.78 Å². The van der Waals surface area contributed by atoms with Crippen molar-refractivity contribution >= 4 is 11.8 Å². The van der Waals surface area contributed by atoms with Crippen molar-refractivity contribution in [3.63, 3.8) is 0 Å². The Morgan fingerprint density at radius 1 is 1.37 bits per heavy atom. The monoisotopic (exact) mass is 285 g/mol. The fourth-order valence-corrected chi connectivity index (χ4v) is 4.00. The van der Waals surface area contributed by atoms with Crippen molar-refractivity contribution in [3.05, 3.63) is 35.4 Å². The third-order valence-electron chi connectivity index (χ3n) is 3.73. The molecule has 0 aliphatic heterocycles. The summed E-state index contributed by atoms with van der Waals surface area (Å²) in [5, 5.41) is 4.13. The average Bonchev–Trinajstić information content (AvgIpc) is 2.77. The van der Waals surface area contributed by atoms with Gasteiger partial charge in [0.1, 0.15) is 11.6 Å². The quantitative estimate of drug-likeness (QED) is 0.866. The van der Waals surface area contributed by atoms with Crippen LogP contribution in [0.1, 0.15) is 44.7 Å². The molecule has 1 N–H and O–H groups in total. The summed E-state index contributed by atoms with van der Waals surface area (Å²) in [6.07, 6.45) is 3.60. The third kappa shape index (κ3) is 3.69. The molecule has 0 spiro atoms. The van der Waals surface area contributed by atoms with E-state index in [9.17, 15) is 8.78 Å². The standard InChI is InChI=1S/C15H21F2NS/c1-3-19-15-6-4-5-14(15)18-10(2)12-8-7-11(16)9-13(12)17/h7-10,14-15,18H,3-6H2,1-2H3. The van der Waals surface area contributed by atoms with Crippen LogP contribution in [0.3, 0.4) is 0 Å². The molecule has 3 unspecified atom stereocenters. The molecular weight excluding hydrogens is 264 g/mol. The van der Waals surface area contributed by atoms with E-state index >= 15 is 0 Å². The van der Waals surface area contributed by atoms with Gasteiger partial charge in [0.2, 0.25) is 0 Å². The summed E-state index contributed by atoms with van der Waals surface area (Å²) < 4.78 is 26.6. The van der Waals surface area contributed by atoms with Gasteiger partial charge in [0.25, 0.3) is 0 Å². The highest BCUT2D eigenvalue weighted by Crippen LogP contribution is 2.31. The number of thioether (sulfide) groups is 1. The van der Waals surface area contributed by atoms with Crippen molar-refractivity contribution in [1.29, 1.82) is 0 Å². The summed E-state index contributed by atoms with van der Waals surface area (Å²) in [4.78, 5) is 0. The van der Waals surface area contributed by atoms with Gasteiger partial charge >= 0.3 is 0 Å². The molecule has 1 aliphatic rings. The van der Waals surface area contributed by atoms with Crippen LogP contribution in [0.25, 0.3) is 0 Å². The van der Waals surface area contributed by atoms with Gasteiger partial charge in [-0.2, -0.15) is 11.8 Å². The third-order valence-corrected chi connectivity index (χ3v) is 5.05. The Morgan fingerprint density at radius 2 is 2.16 bits per heavy atom. The van der Waals surface area contributed by atoms with Gasteiger partial charge in [0.05, 0.1) is 0 Å². The molecule has 3 atom stereocenters. The largest absolute Gasteiger partial charge is 0.306 e. The number of halogens is 2. The van der Waals surface area contributed by atoms with Crippen molar-refractivity contribution in [1.82, 2.24) is 5.32 Å². The first-order valence-electron chi connectivity index (χ1n) is 6.94. The molecule has 0 bridgehead atoms. The Morgan fingerprint density at radius 3 is 2.84 bits per heavy atom. The van der Waals surface area contributed by atoms with Crippen LogP contribution in [0.15, 0.2) is 18.2 Å². The summed E-state index contributed by atoms with van der Waals surface area (Å²) in [5.41, 5.74) is 0.550. The highest BCUT2D eigenvalue weighted by Gasteiger charge is 2.28. The van der Waals surface area contributed by atoms with E-state index in [1.807, 2.05) is 18.7 Å². The van der Waals surface area contributed by atoms with Crippen molar-refractivity contribution < 1.29 is 8.78 Å². The lowest BCUT2D eigenvalue weighted by molar-refractivity contribution is 0.450. The lowest BCUT2D eigenvalue weighted by Gasteiger charge is -2.25. The Balaban J connectivity index is 2.02. The van der Waals surface area contributed by atoms with E-state index in [0.717, 1.165) is 18.2 Å². The van der Waals surface area contributed by atoms with E-state index in [1.54, 1.807) is 6.07 Å². The maximum atomic E-state index is 13.7. The Hall–Kier alpha value is -0.610. The van der Waals surface area contributed by atoms with Crippen molar-refractivity contribution in [2.24, 2.45) is 0 Å². The first-order chi connectivity index (χ1) is 9.11. The zero-order valence-corrected chi connectivity index (χ0v) is 12.3. The van der Waals surface area contributed by atoms with Crippen LogP contribution in [-0.2, 0) is 0 Å². The molecule has 1 aromatic rings. The fourth-order valence-electron chi connectivity index (χ4n) is 2.79. The first kappa shape index (κ1) is 14.8. The highest BCUT2D eigenvalue weighted by molar-refractivity contribution is 7.99. The SMILES string of the molecule is CCSC1CCCC1NC(C)c1ccc(F)cc1F. The second-order valence-corrected chi connectivity index (χ2v) is 6.60. The zero-order chi connectivity index (χ0) is 13.8. The molecule has 19 heavy (non-hydrogen) atoms. The lowest BCUT2D eigenvalue weighted by Crippen LogP contribution is -2.36. The van der Waals surface area contributed by atoms with Gasteiger partial charge in [-0.1, -0.05) is 19.4 Å². The zero-order valence-electron chi connectivity index (χ0n) is 11.5. The Labute approximate surface area is 118 Å². The maximum absolute atomic E-state index is 13.7. The lowest BCUT2D eigenvalue weighted by atomic mass is 10.1. The summed E-state index contributed by atoms with van der Waals surface area (Å²) in [7, 11) is 0. The number of benzene rings is 1. The minimum atomic E-state index is -0.520. The van der Waals surface area contributed by atoms with Crippen LogP contribution in [-0.4, -0.2) is 17.0 Å². The molecule has 0 radical (unpaired) electrons. The van der Waals surface area contributed by atoms with E-state index in [1.165, 1.54) is 18.9 Å². The molecule has 1 saturated carbocycles. The van der Waals surface area contributed by atoms with E-state index in [-0.39, 0.29) is 6.04 Å². The number of hydrogen-bond donors (Lipinski definition) is 1. The van der Waals surface area contributed by atoms with Crippen LogP contribution in [0.4, 0.5) is 8.78 Å². The number of nitrogens with one attached hydrogen (secondary N) is 1. The maximum Gasteiger partial charge on any atom is 0.130 e. The molecule has 0 amide bonds. The Bertz CT molecular complexity index is 425. The van der Waals surface area contributed by atoms with Crippen molar-refractivity contribution in [2.75, 3.05) is 5.75 Å². The average molecular weight is 285 g/mol. The smallest absolute Gasteiger partial charge is 0.130 e. The molecule has 0 heterocycles. The van der Waals surface area contributed by atoms with Crippen molar-refractivity contribution in [2.45, 2.75) is 50.4 Å². The van der Waals surface area contributed by atoms with Gasteiger partial charge < -0.3 is 5.32 Å². The summed E-state index contributed by atoms with van der Waals surface area (Å²) in [6, 6.07) is 4.18. The summed E-state index contributed by atoms with van der Waals surface area (Å²) in [5.74, 6) is 0.133. The number of rotatable bonds is 5. The Kier molecular flexibility index (Phi) is 5.22. The molecule has 1 nitrogen and oxygen atoms in total. The van der Waals surface area contributed by atoms with Crippen LogP contribution < -0.4 is 5.32 Å². The number of hydrogen-bond acceptors (Lipinski definition) is 2. The van der Waals surface area contributed by atoms with E-state index < -0.39 is 11.6 Å². The van der Waals surface area contributed by atoms with Gasteiger partial charge in [0, 0.05) is 29.0 Å². The van der Waals surface area contributed by atoms with Crippen LogP contribution in [0.5, 0.6) is 0 Å². The summed E-state index contributed by atoms with van der Waals surface area (Å²) >= 11 is 1.97. The predicted molar refractivity (Wildman–Crippen MR) is 77.5 cm³/mol. The molecular formula is C15H21F2NS. The highest BCUT2D eigenvalue weighted by atomic mass is 32.2.